The lowest BCUT2D eigenvalue weighted by molar-refractivity contribution is 0.250. The summed E-state index contributed by atoms with van der Waals surface area (Å²) in [5.41, 5.74) is 2.32. The molecule has 0 bridgehead atoms. The number of rotatable bonds is 6. The van der Waals surface area contributed by atoms with E-state index in [0.29, 0.717) is 35.3 Å². The van der Waals surface area contributed by atoms with Crippen LogP contribution in [0.1, 0.15) is 43.5 Å². The molecule has 0 radical (unpaired) electrons. The van der Waals surface area contributed by atoms with Crippen LogP contribution in [0.25, 0.3) is 0 Å². The Bertz CT molecular complexity index is 1280. The number of carbonyl (C=O) groups excluding carboxylic acids is 2. The molecule has 1 aromatic carbocycles. The van der Waals surface area contributed by atoms with Gasteiger partial charge in [0.25, 0.3) is 0 Å². The van der Waals surface area contributed by atoms with Crippen LogP contribution in [0.4, 0.5) is 43.0 Å². The maximum absolute atomic E-state index is 14.8. The van der Waals surface area contributed by atoms with Crippen LogP contribution in [0.2, 0.25) is 0 Å². The molecule has 3 aromatic rings. The van der Waals surface area contributed by atoms with E-state index in [2.05, 4.69) is 31.1 Å². The van der Waals surface area contributed by atoms with Gasteiger partial charge in [0.2, 0.25) is 11.8 Å². The molecule has 184 valence electrons. The van der Waals surface area contributed by atoms with Crippen LogP contribution in [-0.2, 0) is 6.54 Å². The molecule has 4 amide bonds. The standard InChI is InChI=1S/C23H27FN8O3/c1-6-31-20-14(10-26-21(25-5)29-20)11-32(23(31)34)18-8-17(15(24)7-13(18)4)27-22(33)28-19-9-16(12(2)3)30-35-19/h7-10,12H,6,11H2,1-5H3,(H,25,26,29)(H2,27,28,33). The second kappa shape index (κ2) is 9.57. The highest BCUT2D eigenvalue weighted by atomic mass is 19.1. The number of urea groups is 2. The van der Waals surface area contributed by atoms with Crippen molar-refractivity contribution >= 4 is 41.1 Å². The van der Waals surface area contributed by atoms with E-state index in [1.807, 2.05) is 20.8 Å². The van der Waals surface area contributed by atoms with Gasteiger partial charge in [0.05, 0.1) is 23.6 Å². The molecule has 0 atom stereocenters. The molecule has 0 fully saturated rings. The minimum Gasteiger partial charge on any atom is -0.357 e. The summed E-state index contributed by atoms with van der Waals surface area (Å²) in [6.07, 6.45) is 1.66. The SMILES string of the molecule is CCN1C(=O)N(c2cc(NC(=O)Nc3cc(C(C)C)no3)c(F)cc2C)Cc2cnc(NC)nc21. The number of hydrogen-bond donors (Lipinski definition) is 3. The Kier molecular flexibility index (Phi) is 6.54. The summed E-state index contributed by atoms with van der Waals surface area (Å²) in [5.74, 6) is 0.562. The number of fused-ring (bicyclic) bond motifs is 1. The number of nitrogens with one attached hydrogen (secondary N) is 3. The van der Waals surface area contributed by atoms with E-state index in [1.165, 1.54) is 21.9 Å². The van der Waals surface area contributed by atoms with Crippen molar-refractivity contribution in [3.8, 4) is 0 Å². The number of amides is 4. The molecule has 1 aliphatic rings. The normalized spacial score (nSPS) is 13.2. The summed E-state index contributed by atoms with van der Waals surface area (Å²) in [6.45, 7) is 8.00. The number of nitrogens with zero attached hydrogens (tertiary/aromatic N) is 5. The summed E-state index contributed by atoms with van der Waals surface area (Å²) >= 11 is 0. The molecular formula is C23H27FN8O3. The van der Waals surface area contributed by atoms with E-state index in [0.717, 1.165) is 5.56 Å². The second-order valence-corrected chi connectivity index (χ2v) is 8.37. The number of hydrogen-bond acceptors (Lipinski definition) is 7. The molecule has 0 saturated carbocycles. The molecule has 3 heterocycles. The van der Waals surface area contributed by atoms with Crippen LogP contribution in [0.5, 0.6) is 0 Å². The third-order valence-corrected chi connectivity index (χ3v) is 5.61. The first kappa shape index (κ1) is 23.9. The molecule has 0 spiro atoms. The Morgan fingerprint density at radius 3 is 2.69 bits per heavy atom. The average Bonchev–Trinajstić information content (AvgIpc) is 3.29. The van der Waals surface area contributed by atoms with Gasteiger partial charge in [-0.25, -0.2) is 19.0 Å². The average molecular weight is 483 g/mol. The van der Waals surface area contributed by atoms with Crippen LogP contribution in [0.15, 0.2) is 28.9 Å². The lowest BCUT2D eigenvalue weighted by Crippen LogP contribution is -2.48. The van der Waals surface area contributed by atoms with Crippen molar-refractivity contribution < 1.29 is 18.5 Å². The van der Waals surface area contributed by atoms with E-state index in [-0.39, 0.29) is 30.1 Å². The fourth-order valence-corrected chi connectivity index (χ4v) is 3.74. The Balaban J connectivity index is 1.60. The fourth-order valence-electron chi connectivity index (χ4n) is 3.74. The number of halogens is 1. The number of aryl methyl sites for hydroxylation is 1. The molecular weight excluding hydrogens is 455 g/mol. The number of benzene rings is 1. The van der Waals surface area contributed by atoms with E-state index in [4.69, 9.17) is 4.52 Å². The minimum atomic E-state index is -0.705. The zero-order valence-electron chi connectivity index (χ0n) is 20.1. The fraction of sp³-hybridized carbons (Fsp3) is 0.348. The van der Waals surface area contributed by atoms with Crippen molar-refractivity contribution in [3.63, 3.8) is 0 Å². The molecule has 0 aliphatic carbocycles. The molecule has 2 aromatic heterocycles. The first-order valence-corrected chi connectivity index (χ1v) is 11.2. The van der Waals surface area contributed by atoms with Gasteiger partial charge in [-0.1, -0.05) is 19.0 Å². The molecule has 35 heavy (non-hydrogen) atoms. The Hall–Kier alpha value is -4.22. The van der Waals surface area contributed by atoms with Crippen LogP contribution < -0.4 is 25.8 Å². The molecule has 12 heteroatoms. The minimum absolute atomic E-state index is 0.0878. The van der Waals surface area contributed by atoms with Crippen molar-refractivity contribution in [2.24, 2.45) is 0 Å². The first-order chi connectivity index (χ1) is 16.7. The second-order valence-electron chi connectivity index (χ2n) is 8.37. The predicted molar refractivity (Wildman–Crippen MR) is 131 cm³/mol. The van der Waals surface area contributed by atoms with Crippen molar-refractivity contribution in [3.05, 3.63) is 47.0 Å². The summed E-state index contributed by atoms with van der Waals surface area (Å²) in [7, 11) is 1.70. The summed E-state index contributed by atoms with van der Waals surface area (Å²) in [6, 6.07) is 3.29. The third-order valence-electron chi connectivity index (χ3n) is 5.61. The number of aromatic nitrogens is 3. The van der Waals surface area contributed by atoms with Crippen molar-refractivity contribution in [2.45, 2.75) is 40.2 Å². The number of anilines is 5. The zero-order valence-corrected chi connectivity index (χ0v) is 20.1. The summed E-state index contributed by atoms with van der Waals surface area (Å²) in [5, 5.41) is 11.7. The monoisotopic (exact) mass is 482 g/mol. The zero-order chi connectivity index (χ0) is 25.3. The van der Waals surface area contributed by atoms with Gasteiger partial charge in [-0.15, -0.1) is 0 Å². The maximum atomic E-state index is 14.8. The molecule has 0 saturated heterocycles. The summed E-state index contributed by atoms with van der Waals surface area (Å²) < 4.78 is 19.9. The van der Waals surface area contributed by atoms with Gasteiger partial charge in [-0.05, 0) is 37.5 Å². The molecule has 11 nitrogen and oxygen atoms in total. The third kappa shape index (κ3) is 4.72. The van der Waals surface area contributed by atoms with E-state index in [9.17, 15) is 14.0 Å². The van der Waals surface area contributed by atoms with E-state index in [1.54, 1.807) is 26.2 Å². The Morgan fingerprint density at radius 2 is 2.03 bits per heavy atom. The van der Waals surface area contributed by atoms with Gasteiger partial charge in [0.1, 0.15) is 11.6 Å². The van der Waals surface area contributed by atoms with Crippen LogP contribution in [0.3, 0.4) is 0 Å². The van der Waals surface area contributed by atoms with Gasteiger partial charge in [-0.2, -0.15) is 4.98 Å². The molecule has 0 unspecified atom stereocenters. The quantitative estimate of drug-likeness (QED) is 0.465. The lowest BCUT2D eigenvalue weighted by atomic mass is 10.1. The van der Waals surface area contributed by atoms with Crippen LogP contribution in [-0.4, -0.2) is 40.8 Å². The molecule has 3 N–H and O–H groups in total. The smallest absolute Gasteiger partial charge is 0.330 e. The molecule has 1 aliphatic heterocycles. The van der Waals surface area contributed by atoms with Crippen molar-refractivity contribution in [2.75, 3.05) is 39.3 Å². The van der Waals surface area contributed by atoms with Crippen molar-refractivity contribution in [1.82, 2.24) is 15.1 Å². The van der Waals surface area contributed by atoms with Gasteiger partial charge < -0.3 is 15.2 Å². The Morgan fingerprint density at radius 1 is 1.26 bits per heavy atom. The lowest BCUT2D eigenvalue weighted by Gasteiger charge is -2.36. The van der Waals surface area contributed by atoms with E-state index >= 15 is 0 Å². The predicted octanol–water partition coefficient (Wildman–Crippen LogP) is 4.69. The van der Waals surface area contributed by atoms with Crippen LogP contribution in [0, 0.1) is 12.7 Å². The van der Waals surface area contributed by atoms with E-state index < -0.39 is 11.8 Å². The van der Waals surface area contributed by atoms with Crippen LogP contribution >= 0.6 is 0 Å². The van der Waals surface area contributed by atoms with Gasteiger partial charge in [0.15, 0.2) is 0 Å². The largest absolute Gasteiger partial charge is 0.357 e. The molecule has 4 rings (SSSR count). The highest BCUT2D eigenvalue weighted by molar-refractivity contribution is 6.06. The maximum Gasteiger partial charge on any atom is 0.330 e. The topological polar surface area (TPSA) is 129 Å². The highest BCUT2D eigenvalue weighted by Crippen LogP contribution is 2.34. The number of carbonyl (C=O) groups is 2. The van der Waals surface area contributed by atoms with Gasteiger partial charge in [0, 0.05) is 31.4 Å². The first-order valence-electron chi connectivity index (χ1n) is 11.2. The van der Waals surface area contributed by atoms with Gasteiger partial charge >= 0.3 is 12.1 Å². The Labute approximate surface area is 201 Å². The van der Waals surface area contributed by atoms with Crippen molar-refractivity contribution in [1.29, 1.82) is 0 Å². The van der Waals surface area contributed by atoms with Gasteiger partial charge in [-0.3, -0.25) is 15.1 Å². The summed E-state index contributed by atoms with van der Waals surface area (Å²) in [4.78, 5) is 37.5. The highest BCUT2D eigenvalue weighted by Gasteiger charge is 2.33.